The second-order valence-electron chi connectivity index (χ2n) is 18.8. The molecule has 1 aromatic rings. The van der Waals surface area contributed by atoms with Crippen LogP contribution in [0.2, 0.25) is 0 Å². The summed E-state index contributed by atoms with van der Waals surface area (Å²) < 4.78 is 16.7. The summed E-state index contributed by atoms with van der Waals surface area (Å²) in [6.45, 7) is 13.6. The summed E-state index contributed by atoms with van der Waals surface area (Å²) in [5.74, 6) is -5.03. The Morgan fingerprint density at radius 1 is 0.815 bits per heavy atom. The molecule has 368 valence electrons. The predicted octanol–water partition coefficient (Wildman–Crippen LogP) is 4.77. The molecule has 0 unspecified atom stereocenters. The van der Waals surface area contributed by atoms with Crippen molar-refractivity contribution in [1.29, 1.82) is 0 Å². The molecule has 0 saturated heterocycles. The molecule has 65 heavy (non-hydrogen) atoms. The Kier molecular flexibility index (Phi) is 24.9. The number of likely N-dealkylation sites (N-methyl/N-ethyl adjacent to an activating group) is 1. The maximum absolute atomic E-state index is 14.5. The van der Waals surface area contributed by atoms with E-state index in [1.165, 1.54) is 4.90 Å². The van der Waals surface area contributed by atoms with E-state index in [2.05, 4.69) is 33.5 Å². The highest BCUT2D eigenvalue weighted by atomic mass is 16.6. The number of carbonyl (C=O) groups excluding carboxylic acids is 6. The van der Waals surface area contributed by atoms with E-state index in [4.69, 9.17) is 19.9 Å². The van der Waals surface area contributed by atoms with Crippen LogP contribution in [-0.4, -0.2) is 120 Å². The molecule has 0 aromatic heterocycles. The molecule has 1 fully saturated rings. The first kappa shape index (κ1) is 56.2. The summed E-state index contributed by atoms with van der Waals surface area (Å²) in [5, 5.41) is 22.7. The minimum atomic E-state index is -1.67. The van der Waals surface area contributed by atoms with Crippen molar-refractivity contribution in [3.63, 3.8) is 0 Å². The van der Waals surface area contributed by atoms with Gasteiger partial charge in [0.1, 0.15) is 36.4 Å². The third-order valence-electron chi connectivity index (χ3n) is 11.1. The lowest BCUT2D eigenvalue weighted by Crippen LogP contribution is -2.62. The number of carboxylic acids is 1. The zero-order valence-electron chi connectivity index (χ0n) is 40.2. The summed E-state index contributed by atoms with van der Waals surface area (Å²) in [6, 6.07) is 3.27. The van der Waals surface area contributed by atoms with Crippen LogP contribution in [-0.2, 0) is 44.8 Å². The number of aliphatic carboxylic acids is 1. The van der Waals surface area contributed by atoms with Crippen molar-refractivity contribution >= 4 is 41.8 Å². The highest BCUT2D eigenvalue weighted by molar-refractivity contribution is 5.95. The number of alkyl carbamates (subject to hydrolysis) is 2. The molecule has 0 heterocycles. The van der Waals surface area contributed by atoms with E-state index in [1.807, 2.05) is 26.8 Å². The van der Waals surface area contributed by atoms with Gasteiger partial charge in [-0.15, -0.1) is 0 Å². The smallest absolute Gasteiger partial charge is 0.407 e. The zero-order chi connectivity index (χ0) is 48.7. The third-order valence-corrected chi connectivity index (χ3v) is 11.1. The van der Waals surface area contributed by atoms with Gasteiger partial charge in [-0.3, -0.25) is 19.2 Å². The van der Waals surface area contributed by atoms with Crippen molar-refractivity contribution < 1.29 is 52.9 Å². The monoisotopic (exact) mass is 918 g/mol. The van der Waals surface area contributed by atoms with Gasteiger partial charge in [-0.25, -0.2) is 14.4 Å². The van der Waals surface area contributed by atoms with Crippen LogP contribution in [0.4, 0.5) is 9.59 Å². The Morgan fingerprint density at radius 2 is 1.43 bits per heavy atom. The quantitative estimate of drug-likeness (QED) is 0.0590. The number of hydrogen-bond donors (Lipinski definition) is 7. The summed E-state index contributed by atoms with van der Waals surface area (Å²) >= 11 is 0. The van der Waals surface area contributed by atoms with Gasteiger partial charge in [0.05, 0.1) is 31.7 Å². The average molecular weight is 918 g/mol. The van der Waals surface area contributed by atoms with Crippen molar-refractivity contribution in [3.05, 3.63) is 35.9 Å². The molecule has 6 amide bonds. The Balaban J connectivity index is 2.42. The molecule has 0 bridgehead atoms. The molecule has 1 saturated carbocycles. The number of carbonyl (C=O) groups is 7. The zero-order valence-corrected chi connectivity index (χ0v) is 40.2. The van der Waals surface area contributed by atoms with Gasteiger partial charge < -0.3 is 56.5 Å². The Morgan fingerprint density at radius 3 is 2.02 bits per heavy atom. The van der Waals surface area contributed by atoms with Gasteiger partial charge in [-0.1, -0.05) is 103 Å². The van der Waals surface area contributed by atoms with Crippen LogP contribution < -0.4 is 32.3 Å². The fraction of sp³-hybridized carbons (Fsp3) is 0.723. The molecule has 1 aromatic carbocycles. The molecular formula is C47H79N7O11. The van der Waals surface area contributed by atoms with Crippen LogP contribution in [0.3, 0.4) is 0 Å². The molecule has 18 nitrogen and oxygen atoms in total. The van der Waals surface area contributed by atoms with Gasteiger partial charge in [0, 0.05) is 13.1 Å². The molecule has 1 aliphatic carbocycles. The number of rotatable bonds is 27. The molecule has 1 aliphatic rings. The Bertz CT molecular complexity index is 1650. The normalized spacial score (nSPS) is 16.4. The Labute approximate surface area is 386 Å². The number of ether oxygens (including phenoxy) is 3. The maximum atomic E-state index is 14.5. The van der Waals surface area contributed by atoms with E-state index in [0.717, 1.165) is 44.9 Å². The number of unbranched alkanes of at least 4 members (excludes halogenated alkanes) is 3. The lowest BCUT2D eigenvalue weighted by atomic mass is 9.83. The molecule has 18 heteroatoms. The van der Waals surface area contributed by atoms with Crippen LogP contribution in [0, 0.1) is 17.8 Å². The van der Waals surface area contributed by atoms with Crippen molar-refractivity contribution in [2.45, 2.75) is 175 Å². The summed E-state index contributed by atoms with van der Waals surface area (Å²) in [7, 11) is 1.58. The van der Waals surface area contributed by atoms with Gasteiger partial charge in [0.2, 0.25) is 23.6 Å². The lowest BCUT2D eigenvalue weighted by molar-refractivity contribution is -0.147. The van der Waals surface area contributed by atoms with Crippen LogP contribution in [0.25, 0.3) is 0 Å². The van der Waals surface area contributed by atoms with Crippen LogP contribution >= 0.6 is 0 Å². The van der Waals surface area contributed by atoms with E-state index in [9.17, 15) is 38.7 Å². The van der Waals surface area contributed by atoms with Crippen molar-refractivity contribution in [1.82, 2.24) is 31.5 Å². The van der Waals surface area contributed by atoms with Gasteiger partial charge in [-0.05, 0) is 70.8 Å². The van der Waals surface area contributed by atoms with Crippen molar-refractivity contribution in [3.8, 4) is 0 Å². The fourth-order valence-corrected chi connectivity index (χ4v) is 7.56. The predicted molar refractivity (Wildman–Crippen MR) is 246 cm³/mol. The summed E-state index contributed by atoms with van der Waals surface area (Å²) in [5.41, 5.74) is 5.84. The van der Waals surface area contributed by atoms with Crippen LogP contribution in [0.15, 0.2) is 30.3 Å². The standard InChI is InChI=1S/C47H79N7O11/c1-10-11-12-19-24-38(63-28-31(4)48)32(5)43(58)54(9)37(25-30(2)3)41(56)53-39(34-22-17-14-18-23-34)42(57)51-35(26-49-45(61)64-29-33-20-15-13-16-21-33)40(55)52-36(44(59)60)27-50-46(62)65-47(6,7)8/h13,15-16,20-21,30-32,34-39H,10-12,14,17-19,22-29,48H2,1-9H3,(H,49,61)(H,50,62)(H,51,57)(H,52,55)(H,53,56)(H,59,60)/t31-,32-,35+,36+,37+,38-,39+/m1/s1. The number of nitrogens with one attached hydrogen (secondary N) is 5. The van der Waals surface area contributed by atoms with Gasteiger partial charge >= 0.3 is 18.2 Å². The Hall–Kier alpha value is -4.97. The van der Waals surface area contributed by atoms with E-state index in [-0.39, 0.29) is 43.4 Å². The maximum Gasteiger partial charge on any atom is 0.407 e. The highest BCUT2D eigenvalue weighted by Crippen LogP contribution is 2.28. The van der Waals surface area contributed by atoms with E-state index in [0.29, 0.717) is 24.8 Å². The van der Waals surface area contributed by atoms with Gasteiger partial charge in [0.25, 0.3) is 0 Å². The summed E-state index contributed by atoms with van der Waals surface area (Å²) in [4.78, 5) is 96.0. The molecule has 0 spiro atoms. The SMILES string of the molecule is CCCCCC[C@@H](OC[C@@H](C)N)[C@@H](C)C(=O)N(C)[C@@H](CC(C)C)C(=O)N[C@H](C(=O)N[C@@H](CNC(=O)OCc1ccccc1)C(=O)N[C@@H](CNC(=O)OC(C)(C)C)C(=O)O)C1CCCCC1. The van der Waals surface area contributed by atoms with Gasteiger partial charge in [0.15, 0.2) is 0 Å². The van der Waals surface area contributed by atoms with Crippen molar-refractivity contribution in [2.75, 3.05) is 26.7 Å². The number of nitrogens with two attached hydrogens (primary N) is 1. The molecular weight excluding hydrogens is 839 g/mol. The van der Waals surface area contributed by atoms with Crippen molar-refractivity contribution in [2.24, 2.45) is 23.5 Å². The third kappa shape index (κ3) is 21.7. The van der Waals surface area contributed by atoms with Gasteiger partial charge in [-0.2, -0.15) is 0 Å². The topological polar surface area (TPSA) is 257 Å². The summed E-state index contributed by atoms with van der Waals surface area (Å²) in [6.07, 6.45) is 6.39. The molecule has 7 atom stereocenters. The minimum Gasteiger partial charge on any atom is -0.480 e. The highest BCUT2D eigenvalue weighted by Gasteiger charge is 2.39. The molecule has 0 aliphatic heterocycles. The first-order valence-electron chi connectivity index (χ1n) is 23.3. The fourth-order valence-electron chi connectivity index (χ4n) is 7.56. The first-order valence-corrected chi connectivity index (χ1v) is 23.3. The number of amides is 6. The number of benzene rings is 1. The molecule has 2 rings (SSSR count). The first-order chi connectivity index (χ1) is 30.6. The van der Waals surface area contributed by atoms with E-state index in [1.54, 1.807) is 59.0 Å². The number of nitrogens with zero attached hydrogens (tertiary/aromatic N) is 1. The lowest BCUT2D eigenvalue weighted by Gasteiger charge is -2.36. The van der Waals surface area contributed by atoms with Crippen LogP contribution in [0.5, 0.6) is 0 Å². The average Bonchev–Trinajstić information content (AvgIpc) is 3.25. The minimum absolute atomic E-state index is 0.0229. The molecule has 0 radical (unpaired) electrons. The van der Waals surface area contributed by atoms with E-state index < -0.39 is 90.8 Å². The molecule has 8 N–H and O–H groups in total. The number of carboxylic acid groups (broad SMARTS) is 1. The second kappa shape index (κ2) is 28.8. The second-order valence-corrected chi connectivity index (χ2v) is 18.8. The largest absolute Gasteiger partial charge is 0.480 e. The number of hydrogen-bond acceptors (Lipinski definition) is 11. The van der Waals surface area contributed by atoms with Crippen LogP contribution in [0.1, 0.15) is 132 Å². The van der Waals surface area contributed by atoms with E-state index >= 15 is 0 Å².